The van der Waals surface area contributed by atoms with Gasteiger partial charge >= 0.3 is 0 Å². The highest BCUT2D eigenvalue weighted by Crippen LogP contribution is 2.27. The monoisotopic (exact) mass is 413 g/mol. The summed E-state index contributed by atoms with van der Waals surface area (Å²) < 4.78 is 2.17. The zero-order valence-electron chi connectivity index (χ0n) is 17.4. The quantitative estimate of drug-likeness (QED) is 0.673. The van der Waals surface area contributed by atoms with Crippen molar-refractivity contribution in [3.63, 3.8) is 0 Å². The molecule has 156 valence electrons. The van der Waals surface area contributed by atoms with Crippen LogP contribution in [0, 0.1) is 5.92 Å². The Morgan fingerprint density at radius 1 is 1.24 bits per heavy atom. The maximum Gasteiger partial charge on any atom is 0.223 e. The van der Waals surface area contributed by atoms with E-state index in [0.29, 0.717) is 0 Å². The highest BCUT2D eigenvalue weighted by Gasteiger charge is 2.25. The topological polar surface area (TPSA) is 37.3 Å². The van der Waals surface area contributed by atoms with Crippen molar-refractivity contribution in [1.29, 1.82) is 0 Å². The fourth-order valence-corrected chi connectivity index (χ4v) is 4.96. The zero-order valence-corrected chi connectivity index (χ0v) is 18.2. The number of aryl methyl sites for hydroxylation is 1. The van der Waals surface area contributed by atoms with Crippen molar-refractivity contribution in [2.75, 3.05) is 19.6 Å². The summed E-state index contributed by atoms with van der Waals surface area (Å²) in [4.78, 5) is 15.0. The molecule has 4 nitrogen and oxygen atoms in total. The third-order valence-corrected chi connectivity index (χ3v) is 6.75. The van der Waals surface area contributed by atoms with Crippen LogP contribution < -0.4 is 5.32 Å². The number of hydrogen-bond acceptors (Lipinski definition) is 2. The Balaban J connectivity index is 1.26. The number of amides is 1. The molecule has 1 aromatic heterocycles. The Morgan fingerprint density at radius 2 is 2.07 bits per heavy atom. The van der Waals surface area contributed by atoms with Crippen LogP contribution in [0.15, 0.2) is 36.0 Å². The number of rotatable bonds is 6. The van der Waals surface area contributed by atoms with Crippen LogP contribution in [0.1, 0.15) is 50.5 Å². The number of halogens is 1. The van der Waals surface area contributed by atoms with E-state index in [-0.39, 0.29) is 11.8 Å². The number of nitrogens with one attached hydrogen (secondary N) is 1. The van der Waals surface area contributed by atoms with Crippen LogP contribution in [-0.4, -0.2) is 35.0 Å². The van der Waals surface area contributed by atoms with Gasteiger partial charge in [-0.25, -0.2) is 0 Å². The predicted molar refractivity (Wildman–Crippen MR) is 120 cm³/mol. The normalized spacial score (nSPS) is 18.8. The molecule has 2 aliphatic rings. The van der Waals surface area contributed by atoms with Crippen molar-refractivity contribution in [3.05, 3.63) is 46.6 Å². The Kier molecular flexibility index (Phi) is 6.61. The maximum atomic E-state index is 12.6. The number of carbonyl (C=O) groups excluding carboxylic acids is 1. The van der Waals surface area contributed by atoms with Gasteiger partial charge in [0.2, 0.25) is 5.91 Å². The molecule has 0 bridgehead atoms. The number of piperidine rings is 1. The first-order chi connectivity index (χ1) is 14.1. The average molecular weight is 414 g/mol. The molecule has 2 heterocycles. The van der Waals surface area contributed by atoms with Crippen LogP contribution in [0.3, 0.4) is 0 Å². The number of allylic oxidation sites excluding steroid dienone is 1. The van der Waals surface area contributed by atoms with Gasteiger partial charge in [0.1, 0.15) is 0 Å². The van der Waals surface area contributed by atoms with E-state index < -0.39 is 0 Å². The van der Waals surface area contributed by atoms with Gasteiger partial charge in [-0.3, -0.25) is 9.69 Å². The Bertz CT molecular complexity index is 893. The summed E-state index contributed by atoms with van der Waals surface area (Å²) in [5.74, 6) is 0.409. The van der Waals surface area contributed by atoms with Crippen molar-refractivity contribution in [2.45, 2.75) is 51.5 Å². The summed E-state index contributed by atoms with van der Waals surface area (Å²) in [7, 11) is 2.08. The van der Waals surface area contributed by atoms with Gasteiger partial charge in [0.25, 0.3) is 0 Å². The van der Waals surface area contributed by atoms with Crippen molar-refractivity contribution < 1.29 is 4.79 Å². The second-order valence-electron chi connectivity index (χ2n) is 8.63. The lowest BCUT2D eigenvalue weighted by atomic mass is 9.95. The van der Waals surface area contributed by atoms with Crippen molar-refractivity contribution >= 4 is 28.4 Å². The lowest BCUT2D eigenvalue weighted by Gasteiger charge is -2.31. The third-order valence-electron chi connectivity index (χ3n) is 6.52. The highest BCUT2D eigenvalue weighted by atomic mass is 35.5. The standard InChI is InChI=1S/C24H32ClN3O/c1-27-16-20(22-15-21(25)7-8-23(22)27)17-28-13-10-19(11-14-28)24(29)26-12-9-18-5-3-2-4-6-18/h5,7-8,15-16,19H,2-4,6,9-14,17H2,1H3,(H,26,29). The largest absolute Gasteiger partial charge is 0.356 e. The van der Waals surface area contributed by atoms with Crippen molar-refractivity contribution in [3.8, 4) is 0 Å². The minimum absolute atomic E-state index is 0.161. The van der Waals surface area contributed by atoms with Crippen LogP contribution in [0.4, 0.5) is 0 Å². The van der Waals surface area contributed by atoms with Crippen LogP contribution in [-0.2, 0) is 18.4 Å². The van der Waals surface area contributed by atoms with Gasteiger partial charge in [0, 0.05) is 48.2 Å². The summed E-state index contributed by atoms with van der Waals surface area (Å²) in [5.41, 5.74) is 4.06. The highest BCUT2D eigenvalue weighted by molar-refractivity contribution is 6.31. The summed E-state index contributed by atoms with van der Waals surface area (Å²) in [5, 5.41) is 5.20. The first kappa shape index (κ1) is 20.5. The summed E-state index contributed by atoms with van der Waals surface area (Å²) in [6, 6.07) is 6.10. The molecule has 2 aromatic rings. The number of aromatic nitrogens is 1. The van der Waals surface area contributed by atoms with E-state index in [1.807, 2.05) is 6.07 Å². The second kappa shape index (κ2) is 9.36. The molecule has 1 N–H and O–H groups in total. The molecule has 0 spiro atoms. The molecule has 0 atom stereocenters. The van der Waals surface area contributed by atoms with Crippen LogP contribution in [0.5, 0.6) is 0 Å². The molecule has 29 heavy (non-hydrogen) atoms. The molecular weight excluding hydrogens is 382 g/mol. The SMILES string of the molecule is Cn1cc(CN2CCC(C(=O)NCCC3=CCCCC3)CC2)c2cc(Cl)ccc21. The number of carbonyl (C=O) groups is 1. The minimum atomic E-state index is 0.161. The molecule has 0 radical (unpaired) electrons. The number of nitrogens with zero attached hydrogens (tertiary/aromatic N) is 2. The fraction of sp³-hybridized carbons (Fsp3) is 0.542. The fourth-order valence-electron chi connectivity index (χ4n) is 4.79. The molecule has 1 fully saturated rings. The molecule has 4 rings (SSSR count). The van der Waals surface area contributed by atoms with Crippen molar-refractivity contribution in [2.24, 2.45) is 13.0 Å². The molecule has 0 unspecified atom stereocenters. The number of likely N-dealkylation sites (tertiary alicyclic amines) is 1. The van der Waals surface area contributed by atoms with Crippen LogP contribution >= 0.6 is 11.6 Å². The smallest absolute Gasteiger partial charge is 0.223 e. The summed E-state index contributed by atoms with van der Waals surface area (Å²) >= 11 is 6.22. The van der Waals surface area contributed by atoms with Gasteiger partial charge < -0.3 is 9.88 Å². The number of fused-ring (bicyclic) bond motifs is 1. The lowest BCUT2D eigenvalue weighted by Crippen LogP contribution is -2.40. The van der Waals surface area contributed by atoms with Crippen molar-refractivity contribution in [1.82, 2.24) is 14.8 Å². The van der Waals surface area contributed by atoms with Crippen LogP contribution in [0.25, 0.3) is 10.9 Å². The summed E-state index contributed by atoms with van der Waals surface area (Å²) in [6.45, 7) is 3.65. The van der Waals surface area contributed by atoms with E-state index in [4.69, 9.17) is 11.6 Å². The lowest BCUT2D eigenvalue weighted by molar-refractivity contribution is -0.126. The first-order valence-electron chi connectivity index (χ1n) is 11.0. The number of hydrogen-bond donors (Lipinski definition) is 1. The van der Waals surface area contributed by atoms with Gasteiger partial charge in [0.15, 0.2) is 0 Å². The maximum absolute atomic E-state index is 12.6. The molecule has 5 heteroatoms. The Labute approximate surface area is 178 Å². The molecule has 1 aliphatic carbocycles. The molecule has 1 saturated heterocycles. The van der Waals surface area contributed by atoms with Gasteiger partial charge in [-0.1, -0.05) is 23.3 Å². The minimum Gasteiger partial charge on any atom is -0.356 e. The molecular formula is C24H32ClN3O. The third kappa shape index (κ3) is 5.04. The van der Waals surface area contributed by atoms with Crippen LogP contribution in [0.2, 0.25) is 5.02 Å². The van der Waals surface area contributed by atoms with Gasteiger partial charge in [-0.2, -0.15) is 0 Å². The van der Waals surface area contributed by atoms with E-state index in [1.165, 1.54) is 47.7 Å². The number of benzene rings is 1. The van der Waals surface area contributed by atoms with E-state index in [2.05, 4.69) is 46.2 Å². The average Bonchev–Trinajstić information content (AvgIpc) is 3.04. The molecule has 1 aromatic carbocycles. The van der Waals surface area contributed by atoms with Gasteiger partial charge in [-0.15, -0.1) is 0 Å². The van der Waals surface area contributed by atoms with Gasteiger partial charge in [-0.05, 0) is 81.8 Å². The van der Waals surface area contributed by atoms with E-state index in [0.717, 1.165) is 50.5 Å². The molecule has 1 amide bonds. The van der Waals surface area contributed by atoms with Gasteiger partial charge in [0.05, 0.1) is 0 Å². The second-order valence-corrected chi connectivity index (χ2v) is 9.06. The molecule has 0 saturated carbocycles. The molecule has 1 aliphatic heterocycles. The Hall–Kier alpha value is -1.78. The van der Waals surface area contributed by atoms with E-state index >= 15 is 0 Å². The zero-order chi connectivity index (χ0) is 20.2. The van der Waals surface area contributed by atoms with E-state index in [1.54, 1.807) is 0 Å². The predicted octanol–water partition coefficient (Wildman–Crippen LogP) is 5.05. The van der Waals surface area contributed by atoms with E-state index in [9.17, 15) is 4.79 Å². The summed E-state index contributed by atoms with van der Waals surface area (Å²) in [6.07, 6.45) is 12.5. The first-order valence-corrected chi connectivity index (χ1v) is 11.4. The Morgan fingerprint density at radius 3 is 2.83 bits per heavy atom.